The third kappa shape index (κ3) is 4.31. The van der Waals surface area contributed by atoms with Crippen LogP contribution in [0.2, 0.25) is 5.02 Å². The van der Waals surface area contributed by atoms with Crippen LogP contribution < -0.4 is 11.1 Å². The molecule has 3 N–H and O–H groups in total. The minimum atomic E-state index is -0.435. The normalized spacial score (nSPS) is 14.0. The highest BCUT2D eigenvalue weighted by Gasteiger charge is 2.17. The summed E-state index contributed by atoms with van der Waals surface area (Å²) in [6.45, 7) is 3.99. The number of carbonyl (C=O) groups excluding carboxylic acids is 1. The molecule has 3 nitrogen and oxygen atoms in total. The van der Waals surface area contributed by atoms with Gasteiger partial charge in [0.05, 0.1) is 12.1 Å². The van der Waals surface area contributed by atoms with Gasteiger partial charge in [-0.15, -0.1) is 0 Å². The van der Waals surface area contributed by atoms with E-state index in [9.17, 15) is 4.79 Å². The Labute approximate surface area is 114 Å². The number of benzene rings is 1. The molecule has 1 aromatic carbocycles. The molecule has 100 valence electrons. The quantitative estimate of drug-likeness (QED) is 0.833. The number of halogens is 1. The number of carbonyl (C=O) groups is 1. The molecule has 0 aliphatic carbocycles. The summed E-state index contributed by atoms with van der Waals surface area (Å²) in [5.74, 6) is -0.115. The molecule has 0 bridgehead atoms. The molecule has 0 heterocycles. The highest BCUT2D eigenvalue weighted by Crippen LogP contribution is 2.22. The van der Waals surface area contributed by atoms with Crippen molar-refractivity contribution in [2.75, 3.05) is 0 Å². The van der Waals surface area contributed by atoms with Crippen LogP contribution in [-0.2, 0) is 4.79 Å². The van der Waals surface area contributed by atoms with Gasteiger partial charge in [-0.25, -0.2) is 0 Å². The summed E-state index contributed by atoms with van der Waals surface area (Å²) in [6, 6.07) is 6.93. The lowest BCUT2D eigenvalue weighted by atomic mass is 10.1. The van der Waals surface area contributed by atoms with Gasteiger partial charge in [-0.2, -0.15) is 0 Å². The van der Waals surface area contributed by atoms with E-state index in [4.69, 9.17) is 17.3 Å². The molecule has 0 saturated carbocycles. The van der Waals surface area contributed by atoms with Gasteiger partial charge in [-0.05, 0) is 25.0 Å². The topological polar surface area (TPSA) is 55.1 Å². The van der Waals surface area contributed by atoms with E-state index in [1.807, 2.05) is 31.2 Å². The van der Waals surface area contributed by atoms with Gasteiger partial charge in [-0.1, -0.05) is 49.6 Å². The largest absolute Gasteiger partial charge is 0.348 e. The molecular weight excluding hydrogens is 248 g/mol. The summed E-state index contributed by atoms with van der Waals surface area (Å²) < 4.78 is 0. The van der Waals surface area contributed by atoms with Gasteiger partial charge < -0.3 is 11.1 Å². The second kappa shape index (κ2) is 7.39. The molecule has 0 spiro atoms. The predicted molar refractivity (Wildman–Crippen MR) is 75.5 cm³/mol. The van der Waals surface area contributed by atoms with E-state index < -0.39 is 6.04 Å². The van der Waals surface area contributed by atoms with Crippen molar-refractivity contribution in [1.29, 1.82) is 0 Å². The number of amides is 1. The van der Waals surface area contributed by atoms with Gasteiger partial charge in [0.1, 0.15) is 0 Å². The van der Waals surface area contributed by atoms with Crippen molar-refractivity contribution in [2.24, 2.45) is 5.73 Å². The van der Waals surface area contributed by atoms with Crippen LogP contribution in [0, 0.1) is 0 Å². The van der Waals surface area contributed by atoms with E-state index in [1.165, 1.54) is 0 Å². The molecule has 0 aliphatic rings. The first-order valence-corrected chi connectivity index (χ1v) is 6.74. The predicted octanol–water partition coefficient (Wildman–Crippen LogP) is 3.03. The zero-order chi connectivity index (χ0) is 13.5. The Kier molecular flexibility index (Phi) is 6.16. The van der Waals surface area contributed by atoms with E-state index >= 15 is 0 Å². The van der Waals surface area contributed by atoms with Crippen LogP contribution in [0.1, 0.15) is 44.7 Å². The van der Waals surface area contributed by atoms with Crippen molar-refractivity contribution in [3.63, 3.8) is 0 Å². The second-order valence-corrected chi connectivity index (χ2v) is 4.91. The van der Waals surface area contributed by atoms with Gasteiger partial charge in [0.2, 0.25) is 5.91 Å². The molecule has 0 aliphatic heterocycles. The minimum absolute atomic E-state index is 0.115. The molecule has 4 heteroatoms. The third-order valence-corrected chi connectivity index (χ3v) is 3.28. The van der Waals surface area contributed by atoms with Gasteiger partial charge in [-0.3, -0.25) is 4.79 Å². The van der Waals surface area contributed by atoms with Crippen molar-refractivity contribution in [1.82, 2.24) is 5.32 Å². The maximum absolute atomic E-state index is 11.9. The summed E-state index contributed by atoms with van der Waals surface area (Å²) >= 11 is 6.08. The standard InChI is InChI=1S/C14H21ClN2O/c1-3-4-9-13(16)14(18)17-10(2)11-7-5-6-8-12(11)15/h5-8,10,13H,3-4,9,16H2,1-2H3,(H,17,18)/t10-,13?/m0/s1. The van der Waals surface area contributed by atoms with Gasteiger partial charge in [0.15, 0.2) is 0 Å². The van der Waals surface area contributed by atoms with Crippen molar-refractivity contribution in [3.8, 4) is 0 Å². The molecule has 1 amide bonds. The molecule has 0 radical (unpaired) electrons. The SMILES string of the molecule is CCCCC(N)C(=O)N[C@@H](C)c1ccccc1Cl. The monoisotopic (exact) mass is 268 g/mol. The van der Waals surface area contributed by atoms with Crippen molar-refractivity contribution < 1.29 is 4.79 Å². The van der Waals surface area contributed by atoms with Crippen LogP contribution in [-0.4, -0.2) is 11.9 Å². The number of hydrogen-bond acceptors (Lipinski definition) is 2. The smallest absolute Gasteiger partial charge is 0.237 e. The Morgan fingerprint density at radius 2 is 2.11 bits per heavy atom. The van der Waals surface area contributed by atoms with Gasteiger partial charge in [0.25, 0.3) is 0 Å². The van der Waals surface area contributed by atoms with Crippen LogP contribution in [0.4, 0.5) is 0 Å². The molecule has 1 aromatic rings. The Bertz CT molecular complexity index is 395. The summed E-state index contributed by atoms with van der Waals surface area (Å²) in [4.78, 5) is 11.9. The third-order valence-electron chi connectivity index (χ3n) is 2.94. The van der Waals surface area contributed by atoms with E-state index in [1.54, 1.807) is 0 Å². The molecule has 0 saturated heterocycles. The maximum Gasteiger partial charge on any atom is 0.237 e. The lowest BCUT2D eigenvalue weighted by Gasteiger charge is -2.18. The number of unbranched alkanes of at least 4 members (excludes halogenated alkanes) is 1. The maximum atomic E-state index is 11.9. The Morgan fingerprint density at radius 3 is 2.72 bits per heavy atom. The van der Waals surface area contributed by atoms with Crippen LogP contribution >= 0.6 is 11.6 Å². The second-order valence-electron chi connectivity index (χ2n) is 4.50. The average Bonchev–Trinajstić information content (AvgIpc) is 2.36. The molecule has 18 heavy (non-hydrogen) atoms. The minimum Gasteiger partial charge on any atom is -0.348 e. The molecule has 0 aromatic heterocycles. The highest BCUT2D eigenvalue weighted by atomic mass is 35.5. The highest BCUT2D eigenvalue weighted by molar-refractivity contribution is 6.31. The Morgan fingerprint density at radius 1 is 1.44 bits per heavy atom. The van der Waals surface area contributed by atoms with Gasteiger partial charge in [0, 0.05) is 5.02 Å². The molecule has 0 fully saturated rings. The lowest BCUT2D eigenvalue weighted by Crippen LogP contribution is -2.41. The number of rotatable bonds is 6. The Balaban J connectivity index is 2.57. The first-order valence-electron chi connectivity index (χ1n) is 6.36. The average molecular weight is 269 g/mol. The summed E-state index contributed by atoms with van der Waals surface area (Å²) in [5, 5.41) is 3.56. The number of hydrogen-bond donors (Lipinski definition) is 2. The van der Waals surface area contributed by atoms with Crippen molar-refractivity contribution >= 4 is 17.5 Å². The van der Waals surface area contributed by atoms with Crippen LogP contribution in [0.5, 0.6) is 0 Å². The first kappa shape index (κ1) is 15.0. The number of nitrogens with one attached hydrogen (secondary N) is 1. The van der Waals surface area contributed by atoms with E-state index in [-0.39, 0.29) is 11.9 Å². The molecule has 2 atom stereocenters. The van der Waals surface area contributed by atoms with Crippen LogP contribution in [0.15, 0.2) is 24.3 Å². The summed E-state index contributed by atoms with van der Waals surface area (Å²) in [5.41, 5.74) is 6.73. The molecular formula is C14H21ClN2O. The van der Waals surface area contributed by atoms with Gasteiger partial charge >= 0.3 is 0 Å². The fraction of sp³-hybridized carbons (Fsp3) is 0.500. The van der Waals surface area contributed by atoms with E-state index in [0.29, 0.717) is 5.02 Å². The van der Waals surface area contributed by atoms with Crippen LogP contribution in [0.25, 0.3) is 0 Å². The van der Waals surface area contributed by atoms with E-state index in [2.05, 4.69) is 12.2 Å². The fourth-order valence-corrected chi connectivity index (χ4v) is 2.08. The zero-order valence-corrected chi connectivity index (χ0v) is 11.7. The molecule has 1 rings (SSSR count). The van der Waals surface area contributed by atoms with Crippen molar-refractivity contribution in [2.45, 2.75) is 45.2 Å². The van der Waals surface area contributed by atoms with Crippen LogP contribution in [0.3, 0.4) is 0 Å². The van der Waals surface area contributed by atoms with E-state index in [0.717, 1.165) is 24.8 Å². The fourth-order valence-electron chi connectivity index (χ4n) is 1.78. The summed E-state index contributed by atoms with van der Waals surface area (Å²) in [7, 11) is 0. The first-order chi connectivity index (χ1) is 8.56. The summed E-state index contributed by atoms with van der Waals surface area (Å²) in [6.07, 6.45) is 2.73. The van der Waals surface area contributed by atoms with Crippen molar-refractivity contribution in [3.05, 3.63) is 34.9 Å². The lowest BCUT2D eigenvalue weighted by molar-refractivity contribution is -0.123. The zero-order valence-electron chi connectivity index (χ0n) is 10.9. The Hall–Kier alpha value is -1.06. The number of nitrogens with two attached hydrogens (primary N) is 1. The molecule has 1 unspecified atom stereocenters.